The molecule has 1 aromatic carbocycles. The van der Waals surface area contributed by atoms with Crippen LogP contribution in [-0.4, -0.2) is 31.0 Å². The zero-order valence-corrected chi connectivity index (χ0v) is 13.4. The van der Waals surface area contributed by atoms with E-state index in [4.69, 9.17) is 4.74 Å². The van der Waals surface area contributed by atoms with E-state index in [1.165, 1.54) is 16.6 Å². The number of hydrogen-bond donors (Lipinski definition) is 0. The average molecular weight is 273 g/mol. The van der Waals surface area contributed by atoms with Gasteiger partial charge in [0, 0.05) is 18.5 Å². The predicted octanol–water partition coefficient (Wildman–Crippen LogP) is 1.97. The molecule has 2 rings (SSSR count). The second-order valence-electron chi connectivity index (χ2n) is 7.38. The van der Waals surface area contributed by atoms with Crippen LogP contribution < -0.4 is 5.46 Å². The fourth-order valence-corrected chi connectivity index (χ4v) is 2.79. The largest absolute Gasteiger partial charge is 0.444 e. The van der Waals surface area contributed by atoms with Crippen LogP contribution in [0.25, 0.3) is 0 Å². The van der Waals surface area contributed by atoms with Crippen molar-refractivity contribution in [3.8, 4) is 0 Å². The fraction of sp³-hybridized carbons (Fsp3) is 0.562. The van der Waals surface area contributed by atoms with Crippen molar-refractivity contribution in [3.63, 3.8) is 0 Å². The van der Waals surface area contributed by atoms with Gasteiger partial charge in [0.15, 0.2) is 0 Å². The Balaban J connectivity index is 2.28. The van der Waals surface area contributed by atoms with Gasteiger partial charge in [0.05, 0.1) is 0 Å². The normalized spacial score (nSPS) is 17.6. The minimum absolute atomic E-state index is 0.0435. The summed E-state index contributed by atoms with van der Waals surface area (Å²) in [6.45, 7) is 11.4. The third-order valence-electron chi connectivity index (χ3n) is 3.59. The van der Waals surface area contributed by atoms with Gasteiger partial charge in [-0.05, 0) is 31.9 Å². The summed E-state index contributed by atoms with van der Waals surface area (Å²) in [7, 11) is 2.08. The molecular weight excluding hydrogens is 249 g/mol. The van der Waals surface area contributed by atoms with E-state index in [0.717, 1.165) is 0 Å². The quantitative estimate of drug-likeness (QED) is 0.676. The number of ether oxygens (including phenoxy) is 1. The highest BCUT2D eigenvalue weighted by Crippen LogP contribution is 2.33. The zero-order valence-electron chi connectivity index (χ0n) is 13.4. The van der Waals surface area contributed by atoms with Gasteiger partial charge in [-0.2, -0.15) is 0 Å². The van der Waals surface area contributed by atoms with Crippen LogP contribution in [0.4, 0.5) is 4.79 Å². The topological polar surface area (TPSA) is 29.5 Å². The molecule has 1 heterocycles. The fourth-order valence-electron chi connectivity index (χ4n) is 2.79. The standard InChI is InChI=1S/C16H24BNO2/c1-15(2,3)20-14(19)18-9-11-8-12(17)6-7-13(11)16(4,5)10-18/h6-8H,9-10,17H2,1-5H3. The Bertz CT molecular complexity index is 532. The van der Waals surface area contributed by atoms with Crippen molar-refractivity contribution in [1.82, 2.24) is 4.90 Å². The van der Waals surface area contributed by atoms with Crippen molar-refractivity contribution in [1.29, 1.82) is 0 Å². The van der Waals surface area contributed by atoms with Gasteiger partial charge in [0.1, 0.15) is 13.4 Å². The van der Waals surface area contributed by atoms with Crippen LogP contribution in [0.1, 0.15) is 45.7 Å². The molecule has 4 heteroatoms. The maximum absolute atomic E-state index is 12.3. The number of fused-ring (bicyclic) bond motifs is 1. The van der Waals surface area contributed by atoms with Crippen molar-refractivity contribution < 1.29 is 9.53 Å². The predicted molar refractivity (Wildman–Crippen MR) is 84.3 cm³/mol. The van der Waals surface area contributed by atoms with Gasteiger partial charge in [0.2, 0.25) is 0 Å². The first kappa shape index (κ1) is 15.0. The second-order valence-corrected chi connectivity index (χ2v) is 7.38. The molecule has 0 unspecified atom stereocenters. The molecular formula is C16H24BNO2. The number of carbonyl (C=O) groups is 1. The number of nitrogens with zero attached hydrogens (tertiary/aromatic N) is 1. The van der Waals surface area contributed by atoms with Crippen LogP contribution in [0.3, 0.4) is 0 Å². The summed E-state index contributed by atoms with van der Waals surface area (Å²) in [6, 6.07) is 6.51. The van der Waals surface area contributed by atoms with Crippen LogP contribution in [0.5, 0.6) is 0 Å². The van der Waals surface area contributed by atoms with Gasteiger partial charge in [-0.1, -0.05) is 37.5 Å². The summed E-state index contributed by atoms with van der Waals surface area (Å²) >= 11 is 0. The second kappa shape index (κ2) is 4.83. The molecule has 1 aliphatic rings. The summed E-state index contributed by atoms with van der Waals surface area (Å²) < 4.78 is 5.50. The van der Waals surface area contributed by atoms with Crippen LogP contribution in [0.2, 0.25) is 0 Å². The third kappa shape index (κ3) is 3.17. The summed E-state index contributed by atoms with van der Waals surface area (Å²) in [5, 5.41) is 0. The average Bonchev–Trinajstić information content (AvgIpc) is 2.24. The molecule has 1 aromatic rings. The molecule has 0 saturated heterocycles. The van der Waals surface area contributed by atoms with Crippen LogP contribution >= 0.6 is 0 Å². The number of carbonyl (C=O) groups excluding carboxylic acids is 1. The molecule has 0 aliphatic carbocycles. The Morgan fingerprint density at radius 3 is 2.60 bits per heavy atom. The van der Waals surface area contributed by atoms with E-state index in [1.807, 2.05) is 25.7 Å². The van der Waals surface area contributed by atoms with Crippen LogP contribution in [0, 0.1) is 0 Å². The zero-order chi connectivity index (χ0) is 15.1. The van der Waals surface area contributed by atoms with Gasteiger partial charge in [-0.15, -0.1) is 0 Å². The highest BCUT2D eigenvalue weighted by Gasteiger charge is 2.35. The molecule has 20 heavy (non-hydrogen) atoms. The molecule has 0 N–H and O–H groups in total. The molecule has 1 aliphatic heterocycles. The first-order valence-corrected chi connectivity index (χ1v) is 7.16. The van der Waals surface area contributed by atoms with E-state index >= 15 is 0 Å². The third-order valence-corrected chi connectivity index (χ3v) is 3.59. The maximum atomic E-state index is 12.3. The van der Waals surface area contributed by atoms with E-state index < -0.39 is 5.60 Å². The first-order valence-electron chi connectivity index (χ1n) is 7.16. The van der Waals surface area contributed by atoms with Gasteiger partial charge in [-0.3, -0.25) is 0 Å². The van der Waals surface area contributed by atoms with Gasteiger partial charge < -0.3 is 9.64 Å². The Labute approximate surface area is 122 Å². The summed E-state index contributed by atoms with van der Waals surface area (Å²) in [4.78, 5) is 14.1. The minimum Gasteiger partial charge on any atom is -0.444 e. The van der Waals surface area contributed by atoms with E-state index in [1.54, 1.807) is 0 Å². The molecule has 0 spiro atoms. The molecule has 108 valence electrons. The molecule has 3 nitrogen and oxygen atoms in total. The molecule has 1 amide bonds. The van der Waals surface area contributed by atoms with Crippen molar-refractivity contribution in [2.75, 3.05) is 6.54 Å². The summed E-state index contributed by atoms with van der Waals surface area (Å²) in [5.41, 5.74) is 3.30. The maximum Gasteiger partial charge on any atom is 0.410 e. The van der Waals surface area contributed by atoms with Gasteiger partial charge >= 0.3 is 6.09 Å². The molecule has 0 saturated carbocycles. The van der Waals surface area contributed by atoms with Crippen LogP contribution in [0.15, 0.2) is 18.2 Å². The number of rotatable bonds is 0. The number of hydrogen-bond acceptors (Lipinski definition) is 2. The van der Waals surface area contributed by atoms with Crippen LogP contribution in [-0.2, 0) is 16.7 Å². The Morgan fingerprint density at radius 1 is 1.35 bits per heavy atom. The highest BCUT2D eigenvalue weighted by molar-refractivity contribution is 6.32. The van der Waals surface area contributed by atoms with E-state index in [9.17, 15) is 4.79 Å². The number of amides is 1. The van der Waals surface area contributed by atoms with Gasteiger partial charge in [0.25, 0.3) is 0 Å². The molecule has 0 aromatic heterocycles. The van der Waals surface area contributed by atoms with Crippen molar-refractivity contribution in [2.24, 2.45) is 0 Å². The highest BCUT2D eigenvalue weighted by atomic mass is 16.6. The van der Waals surface area contributed by atoms with E-state index in [-0.39, 0.29) is 11.5 Å². The molecule has 0 radical (unpaired) electrons. The lowest BCUT2D eigenvalue weighted by Gasteiger charge is -2.40. The Morgan fingerprint density at radius 2 is 2.00 bits per heavy atom. The molecule has 0 fully saturated rings. The van der Waals surface area contributed by atoms with Gasteiger partial charge in [-0.25, -0.2) is 4.79 Å². The minimum atomic E-state index is -0.450. The lowest BCUT2D eigenvalue weighted by atomic mass is 9.76. The number of benzene rings is 1. The van der Waals surface area contributed by atoms with Crippen molar-refractivity contribution >= 4 is 19.4 Å². The van der Waals surface area contributed by atoms with Crippen molar-refractivity contribution in [2.45, 2.75) is 52.2 Å². The summed E-state index contributed by atoms with van der Waals surface area (Å²) in [6.07, 6.45) is -0.224. The van der Waals surface area contributed by atoms with E-state index in [0.29, 0.717) is 13.1 Å². The molecule has 0 atom stereocenters. The smallest absolute Gasteiger partial charge is 0.410 e. The molecule has 0 bridgehead atoms. The first-order chi connectivity index (χ1) is 9.08. The summed E-state index contributed by atoms with van der Waals surface area (Å²) in [5.74, 6) is 0. The Hall–Kier alpha value is -1.45. The SMILES string of the molecule is Bc1ccc2c(c1)CN(C(=O)OC(C)(C)C)CC2(C)C. The van der Waals surface area contributed by atoms with E-state index in [2.05, 4.69) is 39.9 Å². The van der Waals surface area contributed by atoms with Crippen molar-refractivity contribution in [3.05, 3.63) is 29.3 Å². The lowest BCUT2D eigenvalue weighted by Crippen LogP contribution is -2.47. The lowest BCUT2D eigenvalue weighted by molar-refractivity contribution is 0.0174. The Kier molecular flexibility index (Phi) is 3.61. The monoisotopic (exact) mass is 273 g/mol.